The number of nitrogens with zero attached hydrogens (tertiary/aromatic N) is 3. The number of nitrogens with one attached hydrogen (secondary N) is 2. The van der Waals surface area contributed by atoms with E-state index >= 15 is 0 Å². The van der Waals surface area contributed by atoms with E-state index in [1.807, 2.05) is 0 Å². The Morgan fingerprint density at radius 1 is 0.745 bits per heavy atom. The summed E-state index contributed by atoms with van der Waals surface area (Å²) in [6.45, 7) is 2.31. The Morgan fingerprint density at radius 2 is 1.32 bits per heavy atom. The quantitative estimate of drug-likeness (QED) is 0.0703. The molecule has 0 aliphatic rings. The third-order valence-electron chi connectivity index (χ3n) is 8.51. The molecule has 0 aliphatic carbocycles. The number of aromatic amines is 1. The second kappa shape index (κ2) is 27.3. The van der Waals surface area contributed by atoms with Crippen molar-refractivity contribution in [2.24, 2.45) is 5.92 Å². The van der Waals surface area contributed by atoms with Crippen molar-refractivity contribution in [3.8, 4) is 0 Å². The van der Waals surface area contributed by atoms with Crippen molar-refractivity contribution in [1.82, 2.24) is 25.9 Å². The van der Waals surface area contributed by atoms with Gasteiger partial charge in [-0.1, -0.05) is 95.6 Å². The molecule has 1 amide bonds. The molecule has 13 heteroatoms. The number of aryl methyl sites for hydroxylation is 1. The van der Waals surface area contributed by atoms with Gasteiger partial charge in [-0.05, 0) is 38.5 Å². The van der Waals surface area contributed by atoms with Crippen LogP contribution < -0.4 is 5.32 Å². The van der Waals surface area contributed by atoms with E-state index in [4.69, 9.17) is 5.11 Å². The first-order chi connectivity index (χ1) is 22.6. The monoisotopic (exact) mass is 685 g/mol. The summed E-state index contributed by atoms with van der Waals surface area (Å²) in [5.41, 5.74) is 0. The minimum Gasteiger partial charge on any atom is -0.481 e. The van der Waals surface area contributed by atoms with Crippen LogP contribution in [0.5, 0.6) is 0 Å². The average molecular weight is 686 g/mol. The molecule has 1 heterocycles. The van der Waals surface area contributed by atoms with Crippen molar-refractivity contribution >= 4 is 33.3 Å². The predicted molar refractivity (Wildman–Crippen MR) is 185 cm³/mol. The second-order valence-electron chi connectivity index (χ2n) is 13.0. The van der Waals surface area contributed by atoms with Gasteiger partial charge in [0.1, 0.15) is 17.3 Å². The number of amides is 1. The van der Waals surface area contributed by atoms with Gasteiger partial charge < -0.3 is 10.4 Å². The van der Waals surface area contributed by atoms with E-state index < -0.39 is 15.8 Å². The molecule has 0 saturated carbocycles. The molecule has 1 rings (SSSR count). The summed E-state index contributed by atoms with van der Waals surface area (Å²) in [5, 5.41) is 25.5. The van der Waals surface area contributed by atoms with Crippen molar-refractivity contribution in [2.45, 2.75) is 161 Å². The summed E-state index contributed by atoms with van der Waals surface area (Å²) in [7, 11) is -3.41. The molecule has 0 saturated heterocycles. The zero-order valence-electron chi connectivity index (χ0n) is 28.8. The van der Waals surface area contributed by atoms with Gasteiger partial charge in [0.25, 0.3) is 0 Å². The van der Waals surface area contributed by atoms with Crippen molar-refractivity contribution in [2.75, 3.05) is 18.1 Å². The molecule has 1 atom stereocenters. The highest BCUT2D eigenvalue weighted by atomic mass is 32.2. The van der Waals surface area contributed by atoms with Crippen LogP contribution in [-0.4, -0.2) is 75.6 Å². The topological polar surface area (TPSA) is 189 Å². The molecule has 0 aromatic carbocycles. The number of H-pyrrole nitrogens is 1. The number of carboxylic acids is 1. The van der Waals surface area contributed by atoms with Crippen molar-refractivity contribution in [3.05, 3.63) is 5.82 Å². The van der Waals surface area contributed by atoms with Crippen LogP contribution in [0.15, 0.2) is 0 Å². The molecule has 1 aromatic rings. The van der Waals surface area contributed by atoms with Gasteiger partial charge in [0.05, 0.1) is 12.2 Å². The molecule has 1 aromatic heterocycles. The zero-order chi connectivity index (χ0) is 34.6. The Hall–Kier alpha value is -2.70. The van der Waals surface area contributed by atoms with E-state index in [1.165, 1.54) is 57.8 Å². The molecule has 0 spiro atoms. The molecular formula is C34H63N5O7S. The highest BCUT2D eigenvalue weighted by Gasteiger charge is 2.16. The Bertz CT molecular complexity index is 1100. The van der Waals surface area contributed by atoms with E-state index in [0.29, 0.717) is 45.1 Å². The predicted octanol–water partition coefficient (Wildman–Crippen LogP) is 6.35. The third kappa shape index (κ3) is 26.0. The first kappa shape index (κ1) is 42.3. The lowest BCUT2D eigenvalue weighted by molar-refractivity contribution is -0.139. The summed E-state index contributed by atoms with van der Waals surface area (Å²) in [5.74, 6) is -1.07. The highest BCUT2D eigenvalue weighted by Crippen LogP contribution is 2.15. The van der Waals surface area contributed by atoms with Gasteiger partial charge in [0.2, 0.25) is 5.91 Å². The molecule has 3 N–H and O–H groups in total. The Morgan fingerprint density at radius 3 is 1.91 bits per heavy atom. The molecule has 0 radical (unpaired) electrons. The third-order valence-corrected chi connectivity index (χ3v) is 10.2. The summed E-state index contributed by atoms with van der Waals surface area (Å²) in [6.07, 6.45) is 20.4. The van der Waals surface area contributed by atoms with Crippen molar-refractivity contribution < 1.29 is 34.1 Å². The lowest BCUT2D eigenvalue weighted by Crippen LogP contribution is -2.24. The van der Waals surface area contributed by atoms with Gasteiger partial charge >= 0.3 is 5.97 Å². The van der Waals surface area contributed by atoms with E-state index in [-0.39, 0.29) is 49.2 Å². The number of sulfone groups is 1. The summed E-state index contributed by atoms with van der Waals surface area (Å²) in [6, 6.07) is 0. The van der Waals surface area contributed by atoms with Crippen LogP contribution >= 0.6 is 0 Å². The largest absolute Gasteiger partial charge is 0.481 e. The van der Waals surface area contributed by atoms with Crippen LogP contribution in [0.2, 0.25) is 0 Å². The Labute approximate surface area is 283 Å². The van der Waals surface area contributed by atoms with Crippen LogP contribution in [0.3, 0.4) is 0 Å². The molecular weight excluding hydrogens is 622 g/mol. The van der Waals surface area contributed by atoms with Gasteiger partial charge in [-0.3, -0.25) is 19.2 Å². The molecule has 0 unspecified atom stereocenters. The van der Waals surface area contributed by atoms with E-state index in [0.717, 1.165) is 50.8 Å². The number of aromatic nitrogens is 4. The fourth-order valence-electron chi connectivity index (χ4n) is 5.54. The van der Waals surface area contributed by atoms with Crippen LogP contribution in [0.1, 0.15) is 162 Å². The molecule has 0 bridgehead atoms. The maximum atomic E-state index is 12.3. The number of hydrogen-bond donors (Lipinski definition) is 3. The van der Waals surface area contributed by atoms with Crippen LogP contribution in [-0.2, 0) is 35.4 Å². The molecule has 47 heavy (non-hydrogen) atoms. The number of aliphatic carboxylic acids is 1. The highest BCUT2D eigenvalue weighted by molar-refractivity contribution is 7.92. The number of tetrazole rings is 1. The number of carbonyl (C=O) groups excluding carboxylic acids is 3. The van der Waals surface area contributed by atoms with Crippen molar-refractivity contribution in [1.29, 1.82) is 0 Å². The smallest absolute Gasteiger partial charge is 0.303 e. The van der Waals surface area contributed by atoms with E-state index in [9.17, 15) is 27.6 Å². The average Bonchev–Trinajstić information content (AvgIpc) is 3.54. The second-order valence-corrected chi connectivity index (χ2v) is 15.2. The van der Waals surface area contributed by atoms with Crippen LogP contribution in [0.25, 0.3) is 0 Å². The van der Waals surface area contributed by atoms with Crippen LogP contribution in [0, 0.1) is 5.92 Å². The number of carbonyl (C=O) groups is 4. The zero-order valence-corrected chi connectivity index (χ0v) is 29.6. The van der Waals surface area contributed by atoms with Crippen LogP contribution in [0.4, 0.5) is 0 Å². The fourth-order valence-corrected chi connectivity index (χ4v) is 6.96. The standard InChI is InChI=1S/C34H61N5O7S.H2/c1-29(31(41)24-25-34(43)44)20-17-18-26-35-33(42)23-16-13-19-27-47(45,46)28-30(40)21-14-11-9-7-5-3-2-4-6-8-10-12-15-22-32-36-38-39-37-32;/h29H,2-28H2,1H3,(H,35,42)(H,43,44)(H,36,37,38,39);1H/t29-;/m0./s1. The van der Waals surface area contributed by atoms with Gasteiger partial charge in [0.15, 0.2) is 15.7 Å². The summed E-state index contributed by atoms with van der Waals surface area (Å²) in [4.78, 5) is 46.7. The van der Waals surface area contributed by atoms with Gasteiger partial charge in [0, 0.05) is 39.6 Å². The fraction of sp³-hybridized carbons (Fsp3) is 0.853. The van der Waals surface area contributed by atoms with Gasteiger partial charge in [-0.15, -0.1) is 10.2 Å². The minimum atomic E-state index is -3.41. The number of hydrogen-bond acceptors (Lipinski definition) is 9. The van der Waals surface area contributed by atoms with E-state index in [1.54, 1.807) is 6.92 Å². The Balaban J connectivity index is 0.0000221. The SMILES string of the molecule is C[C@@H](CCCCNC(=O)CCCCCS(=O)(=O)CC(=O)CCCCCCCCCCCCCCCc1nn[nH]n1)C(=O)CCC(=O)O.[HH]. The molecule has 272 valence electrons. The number of rotatable bonds is 33. The number of carboxylic acid groups (broad SMARTS) is 1. The van der Waals surface area contributed by atoms with E-state index in [2.05, 4.69) is 25.9 Å². The molecule has 0 fully saturated rings. The number of unbranched alkanes of at least 4 members (excludes halogenated alkanes) is 15. The lowest BCUT2D eigenvalue weighted by atomic mass is 9.96. The van der Waals surface area contributed by atoms with Gasteiger partial charge in [-0.25, -0.2) is 8.42 Å². The maximum absolute atomic E-state index is 12.3. The summed E-state index contributed by atoms with van der Waals surface area (Å²) < 4.78 is 24.7. The minimum absolute atomic E-state index is 0. The molecule has 12 nitrogen and oxygen atoms in total. The van der Waals surface area contributed by atoms with Crippen molar-refractivity contribution in [3.63, 3.8) is 0 Å². The normalized spacial score (nSPS) is 12.2. The lowest BCUT2D eigenvalue weighted by Gasteiger charge is -2.10. The molecule has 0 aliphatic heterocycles. The Kier molecular flexibility index (Phi) is 24.6. The maximum Gasteiger partial charge on any atom is 0.303 e. The first-order valence-electron chi connectivity index (χ1n) is 18.0. The first-order valence-corrected chi connectivity index (χ1v) is 19.9. The number of ketones is 2. The van der Waals surface area contributed by atoms with Gasteiger partial charge in [-0.2, -0.15) is 5.21 Å². The number of Topliss-reactive ketones (excluding diaryl/α,β-unsaturated/α-hetero) is 2. The summed E-state index contributed by atoms with van der Waals surface area (Å²) >= 11 is 0.